The van der Waals surface area contributed by atoms with E-state index in [0.717, 1.165) is 11.3 Å². The molecule has 1 aromatic carbocycles. The summed E-state index contributed by atoms with van der Waals surface area (Å²) in [4.78, 5) is 23.3. The molecule has 1 aromatic heterocycles. The van der Waals surface area contributed by atoms with Gasteiger partial charge in [-0.2, -0.15) is 0 Å². The molecule has 0 aliphatic heterocycles. The molecular weight excluding hydrogens is 292 g/mol. The van der Waals surface area contributed by atoms with Crippen LogP contribution in [0.2, 0.25) is 0 Å². The smallest absolute Gasteiger partial charge is 0.252 e. The van der Waals surface area contributed by atoms with Gasteiger partial charge in [0.05, 0.1) is 12.1 Å². The van der Waals surface area contributed by atoms with Gasteiger partial charge in [-0.05, 0) is 23.6 Å². The van der Waals surface area contributed by atoms with Crippen LogP contribution in [0, 0.1) is 0 Å². The molecule has 5 nitrogen and oxygen atoms in total. The highest BCUT2D eigenvalue weighted by Crippen LogP contribution is 2.25. The van der Waals surface area contributed by atoms with Crippen molar-refractivity contribution < 1.29 is 9.53 Å². The minimum absolute atomic E-state index is 0.143. The highest BCUT2D eigenvalue weighted by atomic mass is 16.5. The Bertz CT molecular complexity index is 735. The Hall–Kier alpha value is -2.56. The average molecular weight is 314 g/mol. The molecular formula is C18H22N2O3. The first kappa shape index (κ1) is 16.8. The summed E-state index contributed by atoms with van der Waals surface area (Å²) in [6.07, 6.45) is 1.52. The molecule has 0 spiro atoms. The number of amides is 1. The van der Waals surface area contributed by atoms with Crippen molar-refractivity contribution in [1.82, 2.24) is 9.88 Å². The van der Waals surface area contributed by atoms with Crippen LogP contribution in [-0.4, -0.2) is 23.6 Å². The third-order valence-corrected chi connectivity index (χ3v) is 3.53. The number of pyridine rings is 1. The monoisotopic (exact) mass is 314 g/mol. The van der Waals surface area contributed by atoms with Gasteiger partial charge in [0.25, 0.3) is 5.91 Å². The number of hydrogen-bond donors (Lipinski definition) is 1. The number of nitrogens with one attached hydrogen (secondary N) is 1. The normalized spacial score (nSPS) is 10.6. The molecule has 0 saturated carbocycles. The van der Waals surface area contributed by atoms with Crippen LogP contribution < -0.4 is 15.6 Å². The molecule has 0 aliphatic carbocycles. The molecule has 1 heterocycles. The Balaban J connectivity index is 1.87. The Morgan fingerprint density at radius 3 is 2.65 bits per heavy atom. The van der Waals surface area contributed by atoms with Gasteiger partial charge in [-0.15, -0.1) is 0 Å². The van der Waals surface area contributed by atoms with E-state index in [0.29, 0.717) is 24.6 Å². The second kappa shape index (κ2) is 7.63. The van der Waals surface area contributed by atoms with Crippen LogP contribution in [0.5, 0.6) is 5.75 Å². The molecule has 2 rings (SSSR count). The first-order valence-corrected chi connectivity index (χ1v) is 7.65. The van der Waals surface area contributed by atoms with E-state index in [1.807, 2.05) is 24.3 Å². The van der Waals surface area contributed by atoms with Crippen LogP contribution in [-0.2, 0) is 7.05 Å². The predicted octanol–water partition coefficient (Wildman–Crippen LogP) is 2.32. The summed E-state index contributed by atoms with van der Waals surface area (Å²) in [5.74, 6) is 1.01. The molecule has 5 heteroatoms. The van der Waals surface area contributed by atoms with E-state index in [1.165, 1.54) is 22.9 Å². The number of aryl methyl sites for hydroxylation is 1. The molecule has 23 heavy (non-hydrogen) atoms. The van der Waals surface area contributed by atoms with E-state index >= 15 is 0 Å². The Morgan fingerprint density at radius 1 is 1.22 bits per heavy atom. The predicted molar refractivity (Wildman–Crippen MR) is 90.0 cm³/mol. The van der Waals surface area contributed by atoms with Gasteiger partial charge >= 0.3 is 0 Å². The van der Waals surface area contributed by atoms with Crippen LogP contribution in [0.3, 0.4) is 0 Å². The first-order chi connectivity index (χ1) is 11.0. The lowest BCUT2D eigenvalue weighted by Crippen LogP contribution is -2.29. The molecule has 1 amide bonds. The van der Waals surface area contributed by atoms with Crippen LogP contribution in [0.15, 0.2) is 47.4 Å². The van der Waals surface area contributed by atoms with Crippen molar-refractivity contribution >= 4 is 5.91 Å². The largest absolute Gasteiger partial charge is 0.491 e. The number of carbonyl (C=O) groups excluding carboxylic acids is 1. The maximum absolute atomic E-state index is 12.0. The van der Waals surface area contributed by atoms with Crippen molar-refractivity contribution in [3.63, 3.8) is 0 Å². The molecule has 2 aromatic rings. The molecule has 1 N–H and O–H groups in total. The number of hydrogen-bond acceptors (Lipinski definition) is 3. The van der Waals surface area contributed by atoms with E-state index in [2.05, 4.69) is 19.2 Å². The number of rotatable bonds is 6. The highest BCUT2D eigenvalue weighted by molar-refractivity contribution is 5.93. The lowest BCUT2D eigenvalue weighted by atomic mass is 10.0. The van der Waals surface area contributed by atoms with Crippen LogP contribution in [0.4, 0.5) is 0 Å². The summed E-state index contributed by atoms with van der Waals surface area (Å²) in [6, 6.07) is 10.8. The van der Waals surface area contributed by atoms with Gasteiger partial charge in [0.1, 0.15) is 12.4 Å². The standard InChI is InChI=1S/C18H22N2O3/c1-13(2)15-6-4-5-7-16(15)23-11-10-19-18(22)14-8-9-17(21)20(3)12-14/h4-9,12-13H,10-11H2,1-3H3,(H,19,22). The minimum atomic E-state index is -0.221. The Morgan fingerprint density at radius 2 is 1.96 bits per heavy atom. The average Bonchev–Trinajstić information content (AvgIpc) is 2.54. The third kappa shape index (κ3) is 4.45. The van der Waals surface area contributed by atoms with Crippen molar-refractivity contribution in [2.75, 3.05) is 13.2 Å². The maximum atomic E-state index is 12.0. The fourth-order valence-electron chi connectivity index (χ4n) is 2.24. The van der Waals surface area contributed by atoms with Gasteiger partial charge in [-0.25, -0.2) is 0 Å². The summed E-state index contributed by atoms with van der Waals surface area (Å²) in [6.45, 7) is 5.02. The van der Waals surface area contributed by atoms with Gasteiger partial charge in [-0.3, -0.25) is 9.59 Å². The van der Waals surface area contributed by atoms with Crippen molar-refractivity contribution in [1.29, 1.82) is 0 Å². The second-order valence-corrected chi connectivity index (χ2v) is 5.66. The molecule has 0 saturated heterocycles. The van der Waals surface area contributed by atoms with E-state index in [-0.39, 0.29) is 11.5 Å². The fraction of sp³-hybridized carbons (Fsp3) is 0.333. The molecule has 0 aliphatic rings. The van der Waals surface area contributed by atoms with Gasteiger partial charge in [0, 0.05) is 19.3 Å². The summed E-state index contributed by atoms with van der Waals surface area (Å²) in [7, 11) is 1.62. The lowest BCUT2D eigenvalue weighted by molar-refractivity contribution is 0.0946. The van der Waals surface area contributed by atoms with Crippen molar-refractivity contribution in [3.8, 4) is 5.75 Å². The van der Waals surface area contributed by atoms with Crippen LogP contribution in [0.25, 0.3) is 0 Å². The third-order valence-electron chi connectivity index (χ3n) is 3.53. The van der Waals surface area contributed by atoms with E-state index in [1.54, 1.807) is 7.05 Å². The SMILES string of the molecule is CC(C)c1ccccc1OCCNC(=O)c1ccc(=O)n(C)c1. The number of para-hydroxylation sites is 1. The molecule has 0 unspecified atom stereocenters. The van der Waals surface area contributed by atoms with Gasteiger partial charge in [0.15, 0.2) is 0 Å². The number of benzene rings is 1. The number of aromatic nitrogens is 1. The zero-order chi connectivity index (χ0) is 16.8. The van der Waals surface area contributed by atoms with E-state index < -0.39 is 0 Å². The van der Waals surface area contributed by atoms with Gasteiger partial charge < -0.3 is 14.6 Å². The van der Waals surface area contributed by atoms with Crippen molar-refractivity contribution in [2.24, 2.45) is 7.05 Å². The van der Waals surface area contributed by atoms with Crippen molar-refractivity contribution in [3.05, 3.63) is 64.1 Å². The topological polar surface area (TPSA) is 60.3 Å². The minimum Gasteiger partial charge on any atom is -0.491 e. The summed E-state index contributed by atoms with van der Waals surface area (Å²) >= 11 is 0. The number of ether oxygens (including phenoxy) is 1. The van der Waals surface area contributed by atoms with Gasteiger partial charge in [0.2, 0.25) is 5.56 Å². The summed E-state index contributed by atoms with van der Waals surface area (Å²) in [5, 5.41) is 2.79. The van der Waals surface area contributed by atoms with Crippen molar-refractivity contribution in [2.45, 2.75) is 19.8 Å². The Kier molecular flexibility index (Phi) is 5.57. The van der Waals surface area contributed by atoms with Crippen LogP contribution >= 0.6 is 0 Å². The maximum Gasteiger partial charge on any atom is 0.252 e. The Labute approximate surface area is 135 Å². The summed E-state index contributed by atoms with van der Waals surface area (Å²) < 4.78 is 7.14. The number of nitrogens with zero attached hydrogens (tertiary/aromatic N) is 1. The quantitative estimate of drug-likeness (QED) is 0.832. The zero-order valence-electron chi connectivity index (χ0n) is 13.7. The van der Waals surface area contributed by atoms with E-state index in [9.17, 15) is 9.59 Å². The first-order valence-electron chi connectivity index (χ1n) is 7.65. The fourth-order valence-corrected chi connectivity index (χ4v) is 2.24. The molecule has 0 radical (unpaired) electrons. The molecule has 122 valence electrons. The lowest BCUT2D eigenvalue weighted by Gasteiger charge is -2.14. The second-order valence-electron chi connectivity index (χ2n) is 5.66. The molecule has 0 fully saturated rings. The summed E-state index contributed by atoms with van der Waals surface area (Å²) in [5.41, 5.74) is 1.46. The molecule has 0 bridgehead atoms. The van der Waals surface area contributed by atoms with Crippen LogP contribution in [0.1, 0.15) is 35.7 Å². The zero-order valence-corrected chi connectivity index (χ0v) is 13.7. The number of carbonyl (C=O) groups is 1. The van der Waals surface area contributed by atoms with E-state index in [4.69, 9.17) is 4.74 Å². The highest BCUT2D eigenvalue weighted by Gasteiger charge is 2.08. The molecule has 0 atom stereocenters. The van der Waals surface area contributed by atoms with Gasteiger partial charge in [-0.1, -0.05) is 32.0 Å².